The van der Waals surface area contributed by atoms with E-state index in [2.05, 4.69) is 0 Å². The maximum atomic E-state index is 12.9. The Labute approximate surface area is 134 Å². The second-order valence-corrected chi connectivity index (χ2v) is 5.76. The molecule has 24 heavy (non-hydrogen) atoms. The van der Waals surface area contributed by atoms with Crippen LogP contribution in [0.3, 0.4) is 0 Å². The predicted molar refractivity (Wildman–Crippen MR) is 75.4 cm³/mol. The van der Waals surface area contributed by atoms with E-state index in [9.17, 15) is 31.1 Å². The van der Waals surface area contributed by atoms with Crippen molar-refractivity contribution < 1.29 is 31.1 Å². The van der Waals surface area contributed by atoms with Gasteiger partial charge in [0.15, 0.2) is 0 Å². The summed E-state index contributed by atoms with van der Waals surface area (Å²) in [6, 6.07) is -0.456. The Morgan fingerprint density at radius 3 is 1.75 bits per heavy atom. The van der Waals surface area contributed by atoms with Crippen LogP contribution in [-0.2, 0) is 12.4 Å². The van der Waals surface area contributed by atoms with Gasteiger partial charge < -0.3 is 5.73 Å². The fourth-order valence-electron chi connectivity index (χ4n) is 2.93. The Morgan fingerprint density at radius 1 is 0.917 bits per heavy atom. The maximum Gasteiger partial charge on any atom is 0.416 e. The van der Waals surface area contributed by atoms with Gasteiger partial charge in [0.2, 0.25) is 0 Å². The molecular formula is C15H16F6N2O. The molecule has 134 valence electrons. The number of urea groups is 1. The molecular weight excluding hydrogens is 338 g/mol. The van der Waals surface area contributed by atoms with Crippen LogP contribution in [0.4, 0.5) is 36.8 Å². The van der Waals surface area contributed by atoms with Gasteiger partial charge in [0.25, 0.3) is 0 Å². The lowest BCUT2D eigenvalue weighted by molar-refractivity contribution is -0.143. The number of nitrogens with zero attached hydrogens (tertiary/aromatic N) is 1. The topological polar surface area (TPSA) is 46.3 Å². The first kappa shape index (κ1) is 18.4. The number of carbonyl (C=O) groups is 1. The molecule has 0 radical (unpaired) electrons. The van der Waals surface area contributed by atoms with Crippen LogP contribution in [0, 0.1) is 0 Å². The summed E-state index contributed by atoms with van der Waals surface area (Å²) >= 11 is 0. The summed E-state index contributed by atoms with van der Waals surface area (Å²) in [6.45, 7) is 0. The molecule has 1 fully saturated rings. The molecule has 0 saturated heterocycles. The van der Waals surface area contributed by atoms with Gasteiger partial charge in [-0.25, -0.2) is 4.79 Å². The van der Waals surface area contributed by atoms with Gasteiger partial charge in [0.1, 0.15) is 0 Å². The van der Waals surface area contributed by atoms with E-state index in [1.807, 2.05) is 0 Å². The molecule has 2 N–H and O–H groups in total. The van der Waals surface area contributed by atoms with E-state index in [1.54, 1.807) is 0 Å². The summed E-state index contributed by atoms with van der Waals surface area (Å²) < 4.78 is 77.6. The van der Waals surface area contributed by atoms with Crippen molar-refractivity contribution in [1.82, 2.24) is 0 Å². The number of hydrogen-bond acceptors (Lipinski definition) is 1. The van der Waals surface area contributed by atoms with Crippen molar-refractivity contribution in [3.05, 3.63) is 29.3 Å². The second kappa shape index (κ2) is 6.52. The van der Waals surface area contributed by atoms with Crippen molar-refractivity contribution >= 4 is 11.7 Å². The smallest absolute Gasteiger partial charge is 0.351 e. The van der Waals surface area contributed by atoms with Crippen molar-refractivity contribution in [3.8, 4) is 0 Å². The van der Waals surface area contributed by atoms with Crippen LogP contribution in [0.5, 0.6) is 0 Å². The normalized spacial score (nSPS) is 16.9. The molecule has 1 aromatic carbocycles. The van der Waals surface area contributed by atoms with Crippen molar-refractivity contribution in [2.45, 2.75) is 50.5 Å². The number of halogens is 6. The van der Waals surface area contributed by atoms with E-state index >= 15 is 0 Å². The van der Waals surface area contributed by atoms with Gasteiger partial charge in [-0.3, -0.25) is 4.90 Å². The molecule has 3 nitrogen and oxygen atoms in total. The van der Waals surface area contributed by atoms with E-state index in [4.69, 9.17) is 5.73 Å². The van der Waals surface area contributed by atoms with Crippen molar-refractivity contribution in [2.24, 2.45) is 5.73 Å². The minimum Gasteiger partial charge on any atom is -0.351 e. The number of hydrogen-bond donors (Lipinski definition) is 1. The molecule has 0 unspecified atom stereocenters. The highest BCUT2D eigenvalue weighted by Crippen LogP contribution is 2.39. The van der Waals surface area contributed by atoms with Crippen molar-refractivity contribution in [3.63, 3.8) is 0 Å². The van der Waals surface area contributed by atoms with Crippen molar-refractivity contribution in [1.29, 1.82) is 0 Å². The van der Waals surface area contributed by atoms with E-state index in [0.29, 0.717) is 25.0 Å². The molecule has 2 amide bonds. The second-order valence-electron chi connectivity index (χ2n) is 5.76. The average molecular weight is 354 g/mol. The quantitative estimate of drug-likeness (QED) is 0.751. The third-order valence-corrected chi connectivity index (χ3v) is 4.03. The summed E-state index contributed by atoms with van der Waals surface area (Å²) in [6.07, 6.45) is -6.59. The van der Waals surface area contributed by atoms with Gasteiger partial charge in [0, 0.05) is 11.7 Å². The molecule has 1 aliphatic carbocycles. The molecule has 0 aromatic heterocycles. The SMILES string of the molecule is NC(=O)N(c1cc(C(F)(F)F)cc(C(F)(F)F)c1)C1CCCCC1. The van der Waals surface area contributed by atoms with E-state index in [-0.39, 0.29) is 6.07 Å². The number of benzene rings is 1. The Balaban J connectivity index is 2.54. The zero-order valence-electron chi connectivity index (χ0n) is 12.5. The molecule has 9 heteroatoms. The van der Waals surface area contributed by atoms with Gasteiger partial charge in [-0.15, -0.1) is 0 Å². The Bertz CT molecular complexity index is 573. The average Bonchev–Trinajstić information content (AvgIpc) is 2.46. The van der Waals surface area contributed by atoms with Gasteiger partial charge >= 0.3 is 18.4 Å². The first-order chi connectivity index (χ1) is 11.0. The molecule has 2 rings (SSSR count). The van der Waals surface area contributed by atoms with Crippen LogP contribution in [0.25, 0.3) is 0 Å². The highest BCUT2D eigenvalue weighted by Gasteiger charge is 2.38. The lowest BCUT2D eigenvalue weighted by Crippen LogP contribution is -2.45. The Morgan fingerprint density at radius 2 is 1.38 bits per heavy atom. The number of anilines is 1. The molecule has 1 saturated carbocycles. The summed E-state index contributed by atoms with van der Waals surface area (Å²) in [5.74, 6) is 0. The first-order valence-corrected chi connectivity index (χ1v) is 7.38. The fourth-order valence-corrected chi connectivity index (χ4v) is 2.93. The highest BCUT2D eigenvalue weighted by molar-refractivity contribution is 5.91. The highest BCUT2D eigenvalue weighted by atomic mass is 19.4. The molecule has 0 aliphatic heterocycles. The lowest BCUT2D eigenvalue weighted by Gasteiger charge is -2.33. The third kappa shape index (κ3) is 4.12. The number of amides is 2. The van der Waals surface area contributed by atoms with E-state index < -0.39 is 41.2 Å². The summed E-state index contributed by atoms with van der Waals surface area (Å²) in [5.41, 5.74) is 1.84. The van der Waals surface area contributed by atoms with Gasteiger partial charge in [-0.05, 0) is 31.0 Å². The third-order valence-electron chi connectivity index (χ3n) is 4.03. The zero-order valence-corrected chi connectivity index (χ0v) is 12.5. The molecule has 1 aliphatic rings. The number of rotatable bonds is 2. The fraction of sp³-hybridized carbons (Fsp3) is 0.533. The van der Waals surface area contributed by atoms with Crippen LogP contribution in [0.2, 0.25) is 0 Å². The van der Waals surface area contributed by atoms with Crippen LogP contribution in [0.1, 0.15) is 43.2 Å². The van der Waals surface area contributed by atoms with E-state index in [1.165, 1.54) is 0 Å². The summed E-state index contributed by atoms with van der Waals surface area (Å²) in [7, 11) is 0. The number of primary amides is 1. The predicted octanol–water partition coefficient (Wildman–Crippen LogP) is 4.94. The molecule has 0 atom stereocenters. The minimum absolute atomic E-state index is 0.0313. The lowest BCUT2D eigenvalue weighted by atomic mass is 9.93. The molecule has 0 bridgehead atoms. The zero-order chi connectivity index (χ0) is 18.1. The van der Waals surface area contributed by atoms with E-state index in [0.717, 1.165) is 24.2 Å². The number of carbonyl (C=O) groups excluding carboxylic acids is 1. The molecule has 0 heterocycles. The largest absolute Gasteiger partial charge is 0.416 e. The first-order valence-electron chi connectivity index (χ1n) is 7.38. The number of nitrogens with two attached hydrogens (primary N) is 1. The van der Waals surface area contributed by atoms with Crippen LogP contribution in [0.15, 0.2) is 18.2 Å². The summed E-state index contributed by atoms with van der Waals surface area (Å²) in [5, 5.41) is 0. The molecule has 0 spiro atoms. The van der Waals surface area contributed by atoms with Gasteiger partial charge in [0.05, 0.1) is 11.1 Å². The maximum absolute atomic E-state index is 12.9. The number of alkyl halides is 6. The Hall–Kier alpha value is -1.93. The summed E-state index contributed by atoms with van der Waals surface area (Å²) in [4.78, 5) is 12.6. The van der Waals surface area contributed by atoms with Crippen LogP contribution >= 0.6 is 0 Å². The standard InChI is InChI=1S/C15H16F6N2O/c16-14(17,18)9-6-10(15(19,20)21)8-12(7-9)23(13(22)24)11-4-2-1-3-5-11/h6-8,11H,1-5H2,(H2,22,24). The van der Waals surface area contributed by atoms with Gasteiger partial charge in [-0.2, -0.15) is 26.3 Å². The van der Waals surface area contributed by atoms with Crippen LogP contribution in [-0.4, -0.2) is 12.1 Å². The Kier molecular flexibility index (Phi) is 5.00. The molecule has 1 aromatic rings. The monoisotopic (exact) mass is 354 g/mol. The van der Waals surface area contributed by atoms with Crippen molar-refractivity contribution in [2.75, 3.05) is 4.90 Å². The van der Waals surface area contributed by atoms with Crippen LogP contribution < -0.4 is 10.6 Å². The minimum atomic E-state index is -4.97. The van der Waals surface area contributed by atoms with Gasteiger partial charge in [-0.1, -0.05) is 19.3 Å².